The van der Waals surface area contributed by atoms with Crippen LogP contribution < -0.4 is 11.5 Å². The lowest BCUT2D eigenvalue weighted by molar-refractivity contribution is -0.114. The van der Waals surface area contributed by atoms with Crippen molar-refractivity contribution in [2.45, 2.75) is 0 Å². The molecule has 0 fully saturated rings. The van der Waals surface area contributed by atoms with Crippen LogP contribution in [0, 0.1) is 0 Å². The Morgan fingerprint density at radius 3 is 2.75 bits per heavy atom. The molecule has 0 radical (unpaired) electrons. The second kappa shape index (κ2) is 6.07. The summed E-state index contributed by atoms with van der Waals surface area (Å²) in [6.45, 7) is 2.04. The van der Waals surface area contributed by atoms with E-state index in [9.17, 15) is 4.79 Å². The van der Waals surface area contributed by atoms with Gasteiger partial charge in [-0.15, -0.1) is 0 Å². The molecule has 0 atom stereocenters. The van der Waals surface area contributed by atoms with E-state index >= 15 is 0 Å². The Morgan fingerprint density at radius 2 is 2.15 bits per heavy atom. The van der Waals surface area contributed by atoms with Crippen LogP contribution in [0.1, 0.15) is 5.56 Å². The fourth-order valence-electron chi connectivity index (χ4n) is 2.13. The van der Waals surface area contributed by atoms with Gasteiger partial charge in [0.2, 0.25) is 0 Å². The van der Waals surface area contributed by atoms with Gasteiger partial charge >= 0.3 is 0 Å². The summed E-state index contributed by atoms with van der Waals surface area (Å²) < 4.78 is 0. The van der Waals surface area contributed by atoms with Crippen molar-refractivity contribution in [2.24, 2.45) is 16.5 Å². The van der Waals surface area contributed by atoms with E-state index in [0.717, 1.165) is 6.54 Å². The van der Waals surface area contributed by atoms with Gasteiger partial charge in [-0.3, -0.25) is 14.7 Å². The van der Waals surface area contributed by atoms with Gasteiger partial charge in [-0.05, 0) is 24.7 Å². The van der Waals surface area contributed by atoms with Gasteiger partial charge in [-0.1, -0.05) is 23.7 Å². The standard InChI is InChI=1S/C14H17ClN4O/c1-19-6-5-18-11(8-19)12(14(17)20)13(16)9-3-2-4-10(15)7-9/h2-4,7H,5-6,8,16H2,1H3,(H2,17,20). The highest BCUT2D eigenvalue weighted by atomic mass is 35.5. The Labute approximate surface area is 122 Å². The van der Waals surface area contributed by atoms with Crippen LogP contribution in [0.25, 0.3) is 5.70 Å². The fraction of sp³-hybridized carbons (Fsp3) is 0.286. The molecule has 1 amide bonds. The molecule has 0 aromatic heterocycles. The molecule has 0 saturated heterocycles. The largest absolute Gasteiger partial charge is 0.398 e. The number of primary amides is 1. The molecule has 1 aromatic rings. The van der Waals surface area contributed by atoms with E-state index in [1.807, 2.05) is 7.05 Å². The molecule has 6 heteroatoms. The molecule has 2 rings (SSSR count). The summed E-state index contributed by atoms with van der Waals surface area (Å²) in [4.78, 5) is 18.2. The first-order valence-electron chi connectivity index (χ1n) is 6.26. The van der Waals surface area contributed by atoms with Crippen LogP contribution in [-0.4, -0.2) is 43.2 Å². The van der Waals surface area contributed by atoms with Crippen LogP contribution >= 0.6 is 11.6 Å². The van der Waals surface area contributed by atoms with Gasteiger partial charge in [0.1, 0.15) is 0 Å². The van der Waals surface area contributed by atoms with Gasteiger partial charge in [0.05, 0.1) is 23.5 Å². The zero-order valence-corrected chi connectivity index (χ0v) is 12.0. The first-order valence-corrected chi connectivity index (χ1v) is 6.64. The van der Waals surface area contributed by atoms with Gasteiger partial charge in [0.25, 0.3) is 5.91 Å². The summed E-state index contributed by atoms with van der Waals surface area (Å²) in [5, 5.41) is 0.553. The van der Waals surface area contributed by atoms with E-state index < -0.39 is 5.91 Å². The number of carbonyl (C=O) groups excluding carboxylic acids is 1. The van der Waals surface area contributed by atoms with E-state index in [2.05, 4.69) is 9.89 Å². The van der Waals surface area contributed by atoms with Gasteiger partial charge < -0.3 is 11.5 Å². The highest BCUT2D eigenvalue weighted by molar-refractivity contribution is 6.31. The highest BCUT2D eigenvalue weighted by Crippen LogP contribution is 2.20. The third-order valence-corrected chi connectivity index (χ3v) is 3.38. The monoisotopic (exact) mass is 292 g/mol. The molecule has 1 heterocycles. The van der Waals surface area contributed by atoms with E-state index in [4.69, 9.17) is 23.1 Å². The first kappa shape index (κ1) is 14.6. The molecule has 1 aromatic carbocycles. The minimum Gasteiger partial charge on any atom is -0.398 e. The predicted octanol–water partition coefficient (Wildman–Crippen LogP) is 0.881. The van der Waals surface area contributed by atoms with Crippen LogP contribution in [0.5, 0.6) is 0 Å². The Bertz CT molecular complexity index is 595. The lowest BCUT2D eigenvalue weighted by Crippen LogP contribution is -2.37. The molecule has 106 valence electrons. The maximum Gasteiger partial charge on any atom is 0.252 e. The summed E-state index contributed by atoms with van der Waals surface area (Å²) in [5.74, 6) is -0.573. The molecule has 0 aliphatic carbocycles. The topological polar surface area (TPSA) is 84.7 Å². The summed E-state index contributed by atoms with van der Waals surface area (Å²) in [6, 6.07) is 7.01. The average molecular weight is 293 g/mol. The van der Waals surface area contributed by atoms with Crippen molar-refractivity contribution in [3.8, 4) is 0 Å². The first-order chi connectivity index (χ1) is 9.49. The number of amides is 1. The predicted molar refractivity (Wildman–Crippen MR) is 81.6 cm³/mol. The molecule has 4 N–H and O–H groups in total. The maximum atomic E-state index is 11.8. The van der Waals surface area contributed by atoms with Crippen LogP contribution in [0.3, 0.4) is 0 Å². The number of aliphatic imine (C=N–C) groups is 1. The Balaban J connectivity index is 2.49. The van der Waals surface area contributed by atoms with Crippen molar-refractivity contribution in [3.05, 3.63) is 40.4 Å². The van der Waals surface area contributed by atoms with E-state index in [1.165, 1.54) is 0 Å². The van der Waals surface area contributed by atoms with Crippen molar-refractivity contribution in [2.75, 3.05) is 26.7 Å². The quantitative estimate of drug-likeness (QED) is 0.811. The summed E-state index contributed by atoms with van der Waals surface area (Å²) in [5.41, 5.74) is 13.5. The molecule has 0 saturated carbocycles. The number of hydrogen-bond acceptors (Lipinski definition) is 4. The van der Waals surface area contributed by atoms with Gasteiger partial charge in [0, 0.05) is 18.1 Å². The summed E-state index contributed by atoms with van der Waals surface area (Å²) in [7, 11) is 1.96. The number of nitrogens with two attached hydrogens (primary N) is 2. The lowest BCUT2D eigenvalue weighted by atomic mass is 10.0. The summed E-state index contributed by atoms with van der Waals surface area (Å²) in [6.07, 6.45) is 0. The Morgan fingerprint density at radius 1 is 1.40 bits per heavy atom. The molecular formula is C14H17ClN4O. The minimum atomic E-state index is -0.573. The SMILES string of the molecule is CN1CCN=C(C(C(N)=O)=C(N)c2cccc(Cl)c2)C1. The third-order valence-electron chi connectivity index (χ3n) is 3.14. The zero-order valence-electron chi connectivity index (χ0n) is 11.3. The molecule has 1 aliphatic rings. The number of carbonyl (C=O) groups is 1. The normalized spacial score (nSPS) is 17.4. The molecule has 0 spiro atoms. The fourth-order valence-corrected chi connectivity index (χ4v) is 2.32. The van der Waals surface area contributed by atoms with Crippen LogP contribution in [0.2, 0.25) is 5.02 Å². The smallest absolute Gasteiger partial charge is 0.252 e. The van der Waals surface area contributed by atoms with Crippen molar-refractivity contribution in [1.82, 2.24) is 4.90 Å². The van der Waals surface area contributed by atoms with Gasteiger partial charge in [0.15, 0.2) is 0 Å². The molecule has 0 bridgehead atoms. The molecule has 0 unspecified atom stereocenters. The highest BCUT2D eigenvalue weighted by Gasteiger charge is 2.21. The second-order valence-corrected chi connectivity index (χ2v) is 5.17. The van der Waals surface area contributed by atoms with Crippen LogP contribution in [0.15, 0.2) is 34.8 Å². The summed E-state index contributed by atoms with van der Waals surface area (Å²) >= 11 is 5.95. The van der Waals surface area contributed by atoms with Crippen molar-refractivity contribution >= 4 is 28.9 Å². The lowest BCUT2D eigenvalue weighted by Gasteiger charge is -2.23. The number of hydrogen-bond donors (Lipinski definition) is 2. The number of rotatable bonds is 3. The number of nitrogens with zero attached hydrogens (tertiary/aromatic N) is 2. The Kier molecular flexibility index (Phi) is 4.42. The average Bonchev–Trinajstić information content (AvgIpc) is 2.38. The minimum absolute atomic E-state index is 0.277. The maximum absolute atomic E-state index is 11.8. The van der Waals surface area contributed by atoms with E-state index in [-0.39, 0.29) is 5.57 Å². The van der Waals surface area contributed by atoms with Crippen molar-refractivity contribution < 1.29 is 4.79 Å². The number of halogens is 1. The molecule has 1 aliphatic heterocycles. The molecular weight excluding hydrogens is 276 g/mol. The molecule has 20 heavy (non-hydrogen) atoms. The number of likely N-dealkylation sites (N-methyl/N-ethyl adjacent to an activating group) is 1. The second-order valence-electron chi connectivity index (χ2n) is 4.73. The van der Waals surface area contributed by atoms with Gasteiger partial charge in [-0.25, -0.2) is 0 Å². The van der Waals surface area contributed by atoms with E-state index in [0.29, 0.717) is 35.1 Å². The van der Waals surface area contributed by atoms with Crippen LogP contribution in [0.4, 0.5) is 0 Å². The van der Waals surface area contributed by atoms with Crippen molar-refractivity contribution in [1.29, 1.82) is 0 Å². The van der Waals surface area contributed by atoms with Crippen molar-refractivity contribution in [3.63, 3.8) is 0 Å². The Hall–Kier alpha value is -1.85. The molecule has 5 nitrogen and oxygen atoms in total. The zero-order chi connectivity index (χ0) is 14.7. The van der Waals surface area contributed by atoms with Crippen LogP contribution in [-0.2, 0) is 4.79 Å². The number of benzene rings is 1. The third kappa shape index (κ3) is 3.18. The van der Waals surface area contributed by atoms with Gasteiger partial charge in [-0.2, -0.15) is 0 Å². The van der Waals surface area contributed by atoms with E-state index in [1.54, 1.807) is 24.3 Å².